The van der Waals surface area contributed by atoms with Crippen LogP contribution in [0.25, 0.3) is 0 Å². The predicted octanol–water partition coefficient (Wildman–Crippen LogP) is 4.31. The average molecular weight is 363 g/mol. The quantitative estimate of drug-likeness (QED) is 0.628. The molecule has 0 saturated heterocycles. The van der Waals surface area contributed by atoms with E-state index in [0.29, 0.717) is 11.5 Å². The van der Waals surface area contributed by atoms with Gasteiger partial charge in [-0.1, -0.05) is 30.4 Å². The molecule has 1 aliphatic carbocycles. The van der Waals surface area contributed by atoms with Crippen molar-refractivity contribution >= 4 is 17.6 Å². The van der Waals surface area contributed by atoms with Gasteiger partial charge in [-0.25, -0.2) is 9.59 Å². The maximum atomic E-state index is 12.1. The monoisotopic (exact) mass is 363 g/mol. The van der Waals surface area contributed by atoms with E-state index >= 15 is 0 Å². The number of benzene rings is 2. The molecule has 5 nitrogen and oxygen atoms in total. The zero-order valence-electron chi connectivity index (χ0n) is 15.2. The molecule has 0 saturated carbocycles. The topological polar surface area (TPSA) is 75.6 Å². The third kappa shape index (κ3) is 2.79. The van der Waals surface area contributed by atoms with Gasteiger partial charge in [-0.15, -0.1) is 0 Å². The summed E-state index contributed by atoms with van der Waals surface area (Å²) in [5.74, 6) is -0.640. The molecule has 0 fully saturated rings. The van der Waals surface area contributed by atoms with Crippen LogP contribution in [-0.4, -0.2) is 24.2 Å². The van der Waals surface area contributed by atoms with Gasteiger partial charge in [-0.3, -0.25) is 0 Å². The van der Waals surface area contributed by atoms with E-state index in [4.69, 9.17) is 9.84 Å². The summed E-state index contributed by atoms with van der Waals surface area (Å²) in [5, 5.41) is 12.8. The second-order valence-electron chi connectivity index (χ2n) is 7.10. The predicted molar refractivity (Wildman–Crippen MR) is 102 cm³/mol. The molecule has 3 atom stereocenters. The number of methoxy groups -OCH3 is 1. The average Bonchev–Trinajstić information content (AvgIpc) is 3.17. The zero-order chi connectivity index (χ0) is 19.1. The van der Waals surface area contributed by atoms with Crippen LogP contribution < -0.4 is 5.32 Å². The highest BCUT2D eigenvalue weighted by atomic mass is 16.5. The van der Waals surface area contributed by atoms with Crippen molar-refractivity contribution in [3.63, 3.8) is 0 Å². The van der Waals surface area contributed by atoms with Crippen molar-refractivity contribution in [2.24, 2.45) is 5.92 Å². The van der Waals surface area contributed by atoms with E-state index in [1.165, 1.54) is 12.7 Å². The summed E-state index contributed by atoms with van der Waals surface area (Å²) in [5.41, 5.74) is 4.93. The molecule has 4 rings (SSSR count). The third-order valence-corrected chi connectivity index (χ3v) is 5.72. The Morgan fingerprint density at radius 3 is 2.56 bits per heavy atom. The van der Waals surface area contributed by atoms with E-state index in [0.717, 1.165) is 23.2 Å². The van der Waals surface area contributed by atoms with Gasteiger partial charge in [0.05, 0.1) is 24.3 Å². The van der Waals surface area contributed by atoms with Crippen molar-refractivity contribution < 1.29 is 19.4 Å². The molecular formula is C22H21NO4. The van der Waals surface area contributed by atoms with E-state index in [1.807, 2.05) is 31.2 Å². The van der Waals surface area contributed by atoms with Crippen molar-refractivity contribution in [2.45, 2.75) is 25.3 Å². The number of ether oxygens (including phenoxy) is 1. The summed E-state index contributed by atoms with van der Waals surface area (Å²) in [7, 11) is 1.39. The minimum absolute atomic E-state index is 0.0481. The molecule has 0 bridgehead atoms. The first-order valence-electron chi connectivity index (χ1n) is 8.99. The lowest BCUT2D eigenvalue weighted by atomic mass is 9.76. The number of carbonyl (C=O) groups is 2. The highest BCUT2D eigenvalue weighted by Crippen LogP contribution is 2.51. The summed E-state index contributed by atoms with van der Waals surface area (Å²) in [6.07, 6.45) is 5.40. The molecule has 0 unspecified atom stereocenters. The first-order valence-corrected chi connectivity index (χ1v) is 8.99. The Bertz CT molecular complexity index is 946. The summed E-state index contributed by atoms with van der Waals surface area (Å²) >= 11 is 0. The number of allylic oxidation sites excluding steroid dienone is 2. The zero-order valence-corrected chi connectivity index (χ0v) is 15.2. The fourth-order valence-electron chi connectivity index (χ4n) is 4.31. The Hall–Kier alpha value is -3.08. The number of hydrogen-bond acceptors (Lipinski definition) is 4. The summed E-state index contributed by atoms with van der Waals surface area (Å²) in [4.78, 5) is 23.2. The van der Waals surface area contributed by atoms with Gasteiger partial charge in [0.15, 0.2) is 0 Å². The normalized spacial score (nSPS) is 22.5. The van der Waals surface area contributed by atoms with Crippen LogP contribution in [0.2, 0.25) is 0 Å². The molecule has 138 valence electrons. The minimum Gasteiger partial charge on any atom is -0.478 e. The third-order valence-electron chi connectivity index (χ3n) is 5.72. The number of nitrogens with one attached hydrogen (secondary N) is 1. The number of carbonyl (C=O) groups excluding carboxylic acids is 1. The molecule has 0 amide bonds. The second-order valence-corrected chi connectivity index (χ2v) is 7.10. The van der Waals surface area contributed by atoms with Crippen LogP contribution in [0.1, 0.15) is 55.8 Å². The van der Waals surface area contributed by atoms with Gasteiger partial charge in [-0.05, 0) is 54.2 Å². The summed E-state index contributed by atoms with van der Waals surface area (Å²) in [6.45, 7) is 1.93. The Labute approximate surface area is 157 Å². The number of anilines is 1. The lowest BCUT2D eigenvalue weighted by Gasteiger charge is -2.38. The first kappa shape index (κ1) is 17.3. The van der Waals surface area contributed by atoms with Crippen LogP contribution in [-0.2, 0) is 4.74 Å². The Morgan fingerprint density at radius 1 is 1.15 bits per heavy atom. The van der Waals surface area contributed by atoms with Crippen molar-refractivity contribution in [3.8, 4) is 0 Å². The van der Waals surface area contributed by atoms with Crippen LogP contribution in [0.4, 0.5) is 5.69 Å². The SMILES string of the molecule is COC(=O)c1ccc2c(c1C)N[C@H](c1ccc(C(=O)O)cc1)[C@H]1CC=C[C@H]21. The van der Waals surface area contributed by atoms with E-state index in [2.05, 4.69) is 17.5 Å². The largest absolute Gasteiger partial charge is 0.478 e. The summed E-state index contributed by atoms with van der Waals surface area (Å²) in [6, 6.07) is 10.9. The van der Waals surface area contributed by atoms with E-state index < -0.39 is 5.97 Å². The lowest BCUT2D eigenvalue weighted by molar-refractivity contribution is 0.0599. The highest BCUT2D eigenvalue weighted by Gasteiger charge is 2.39. The van der Waals surface area contributed by atoms with Crippen LogP contribution in [0, 0.1) is 12.8 Å². The number of aromatic carboxylic acids is 1. The molecule has 2 aromatic carbocycles. The molecular weight excluding hydrogens is 342 g/mol. The molecule has 2 aliphatic rings. The van der Waals surface area contributed by atoms with Crippen LogP contribution in [0.3, 0.4) is 0 Å². The van der Waals surface area contributed by atoms with Gasteiger partial charge in [0, 0.05) is 11.6 Å². The van der Waals surface area contributed by atoms with Gasteiger partial charge < -0.3 is 15.2 Å². The number of fused-ring (bicyclic) bond motifs is 3. The number of hydrogen-bond donors (Lipinski definition) is 2. The summed E-state index contributed by atoms with van der Waals surface area (Å²) < 4.78 is 4.91. The number of carboxylic acid groups (broad SMARTS) is 1. The standard InChI is InChI=1S/C22H21NO4/c1-12-15(22(26)27-2)10-11-18-16-4-3-5-17(16)20(23-19(12)18)13-6-8-14(9-7-13)21(24)25/h3-4,6-11,16-17,20,23H,5H2,1-2H3,(H,24,25)/t16-,17-,20+/m0/s1. The molecule has 2 aromatic rings. The molecule has 27 heavy (non-hydrogen) atoms. The molecule has 0 aromatic heterocycles. The van der Waals surface area contributed by atoms with E-state index in [-0.39, 0.29) is 23.5 Å². The van der Waals surface area contributed by atoms with Crippen molar-refractivity contribution in [2.75, 3.05) is 12.4 Å². The highest BCUT2D eigenvalue weighted by molar-refractivity contribution is 5.93. The van der Waals surface area contributed by atoms with E-state index in [1.54, 1.807) is 12.1 Å². The smallest absolute Gasteiger partial charge is 0.338 e. The van der Waals surface area contributed by atoms with Crippen LogP contribution >= 0.6 is 0 Å². The number of carboxylic acids is 1. The van der Waals surface area contributed by atoms with Gasteiger partial charge in [0.1, 0.15) is 0 Å². The van der Waals surface area contributed by atoms with Crippen molar-refractivity contribution in [1.29, 1.82) is 0 Å². The van der Waals surface area contributed by atoms with Crippen molar-refractivity contribution in [1.82, 2.24) is 0 Å². The maximum Gasteiger partial charge on any atom is 0.338 e. The fraction of sp³-hybridized carbons (Fsp3) is 0.273. The molecule has 1 aliphatic heterocycles. The van der Waals surface area contributed by atoms with Gasteiger partial charge in [-0.2, -0.15) is 0 Å². The maximum absolute atomic E-state index is 12.1. The molecule has 1 heterocycles. The van der Waals surface area contributed by atoms with Gasteiger partial charge in [0.2, 0.25) is 0 Å². The Balaban J connectivity index is 1.77. The molecule has 5 heteroatoms. The lowest BCUT2D eigenvalue weighted by Crippen LogP contribution is -2.30. The molecule has 0 radical (unpaired) electrons. The van der Waals surface area contributed by atoms with Crippen molar-refractivity contribution in [3.05, 3.63) is 76.4 Å². The molecule has 0 spiro atoms. The molecule has 2 N–H and O–H groups in total. The van der Waals surface area contributed by atoms with E-state index in [9.17, 15) is 9.59 Å². The number of rotatable bonds is 3. The van der Waals surface area contributed by atoms with Crippen LogP contribution in [0.5, 0.6) is 0 Å². The Kier molecular flexibility index (Phi) is 4.22. The number of esters is 1. The fourth-order valence-corrected chi connectivity index (χ4v) is 4.31. The first-order chi connectivity index (χ1) is 13.0. The van der Waals surface area contributed by atoms with Gasteiger partial charge in [0.25, 0.3) is 0 Å². The van der Waals surface area contributed by atoms with Crippen LogP contribution in [0.15, 0.2) is 48.6 Å². The minimum atomic E-state index is -0.928. The Morgan fingerprint density at radius 2 is 1.89 bits per heavy atom. The van der Waals surface area contributed by atoms with Gasteiger partial charge >= 0.3 is 11.9 Å². The second kappa shape index (κ2) is 6.58.